The summed E-state index contributed by atoms with van der Waals surface area (Å²) in [5.41, 5.74) is 0.600. The fraction of sp³-hybridized carbons (Fsp3) is 0.286. The third-order valence-corrected chi connectivity index (χ3v) is 3.28. The molecule has 0 aliphatic carbocycles. The summed E-state index contributed by atoms with van der Waals surface area (Å²) in [4.78, 5) is 17.7. The van der Waals surface area contributed by atoms with Crippen LogP contribution >= 0.6 is 0 Å². The summed E-state index contributed by atoms with van der Waals surface area (Å²) in [6.45, 7) is 4.69. The minimum Gasteiger partial charge on any atom is -0.492 e. The highest BCUT2D eigenvalue weighted by atomic mass is 16.6. The number of rotatable bonds is 3. The number of nitro groups is 1. The molecular weight excluding hydrogens is 274 g/mol. The van der Waals surface area contributed by atoms with Crippen molar-refractivity contribution < 1.29 is 14.4 Å². The van der Waals surface area contributed by atoms with Crippen LogP contribution in [-0.2, 0) is 5.41 Å². The van der Waals surface area contributed by atoms with Crippen molar-refractivity contribution >= 4 is 5.69 Å². The zero-order valence-corrected chi connectivity index (χ0v) is 11.6. The van der Waals surface area contributed by atoms with Crippen molar-refractivity contribution in [3.05, 3.63) is 46.3 Å². The zero-order chi connectivity index (χ0) is 15.0. The van der Waals surface area contributed by atoms with E-state index in [-0.39, 0.29) is 17.1 Å². The second kappa shape index (κ2) is 4.69. The van der Waals surface area contributed by atoms with Gasteiger partial charge >= 0.3 is 11.7 Å². The summed E-state index contributed by atoms with van der Waals surface area (Å²) < 4.78 is 11.3. The SMILES string of the molecule is CC1(C)COc2cccc(Oc3ncc([N+](=O)[O-])cn3)c21. The Morgan fingerprint density at radius 2 is 2.05 bits per heavy atom. The molecule has 0 amide bonds. The molecule has 1 aliphatic heterocycles. The molecular formula is C14H13N3O4. The van der Waals surface area contributed by atoms with Crippen LogP contribution in [0.3, 0.4) is 0 Å². The minimum absolute atomic E-state index is 0.0664. The van der Waals surface area contributed by atoms with Gasteiger partial charge in [0.25, 0.3) is 0 Å². The Morgan fingerprint density at radius 3 is 2.71 bits per heavy atom. The number of aromatic nitrogens is 2. The lowest BCUT2D eigenvalue weighted by Gasteiger charge is -2.18. The van der Waals surface area contributed by atoms with E-state index in [9.17, 15) is 10.1 Å². The maximum atomic E-state index is 10.6. The molecule has 0 saturated carbocycles. The first-order valence-corrected chi connectivity index (χ1v) is 6.38. The van der Waals surface area contributed by atoms with Crippen LogP contribution < -0.4 is 9.47 Å². The number of benzene rings is 1. The molecule has 2 heterocycles. The third-order valence-electron chi connectivity index (χ3n) is 3.28. The lowest BCUT2D eigenvalue weighted by molar-refractivity contribution is -0.385. The van der Waals surface area contributed by atoms with E-state index in [4.69, 9.17) is 9.47 Å². The first-order valence-electron chi connectivity index (χ1n) is 6.38. The topological polar surface area (TPSA) is 87.4 Å². The Bertz CT molecular complexity index is 698. The molecule has 7 nitrogen and oxygen atoms in total. The van der Waals surface area contributed by atoms with E-state index in [2.05, 4.69) is 23.8 Å². The monoisotopic (exact) mass is 287 g/mol. The summed E-state index contributed by atoms with van der Waals surface area (Å²) in [6.07, 6.45) is 2.24. The highest BCUT2D eigenvalue weighted by molar-refractivity contribution is 5.52. The Labute approximate surface area is 120 Å². The molecule has 7 heteroatoms. The highest BCUT2D eigenvalue weighted by Gasteiger charge is 2.35. The van der Waals surface area contributed by atoms with Gasteiger partial charge in [0.2, 0.25) is 0 Å². The van der Waals surface area contributed by atoms with Gasteiger partial charge in [-0.3, -0.25) is 10.1 Å². The second-order valence-corrected chi connectivity index (χ2v) is 5.38. The second-order valence-electron chi connectivity index (χ2n) is 5.38. The van der Waals surface area contributed by atoms with Gasteiger partial charge in [-0.25, -0.2) is 0 Å². The first-order chi connectivity index (χ1) is 9.97. The number of fused-ring (bicyclic) bond motifs is 1. The van der Waals surface area contributed by atoms with Crippen LogP contribution in [0.15, 0.2) is 30.6 Å². The van der Waals surface area contributed by atoms with Crippen molar-refractivity contribution in [1.29, 1.82) is 0 Å². The standard InChI is InChI=1S/C14H13N3O4/c1-14(2)8-20-10-4-3-5-11(12(10)14)21-13-15-6-9(7-16-13)17(18)19/h3-7H,8H2,1-2H3. The molecule has 1 aromatic carbocycles. The van der Waals surface area contributed by atoms with Gasteiger partial charge in [0.1, 0.15) is 23.9 Å². The number of ether oxygens (including phenoxy) is 2. The van der Waals surface area contributed by atoms with Gasteiger partial charge in [-0.1, -0.05) is 19.9 Å². The smallest absolute Gasteiger partial charge is 0.322 e. The average Bonchev–Trinajstić information content (AvgIpc) is 2.76. The molecule has 1 aromatic heterocycles. The number of hydrogen-bond acceptors (Lipinski definition) is 6. The molecule has 3 rings (SSSR count). The molecule has 0 saturated heterocycles. The van der Waals surface area contributed by atoms with E-state index < -0.39 is 4.92 Å². The van der Waals surface area contributed by atoms with Crippen molar-refractivity contribution in [2.75, 3.05) is 6.61 Å². The van der Waals surface area contributed by atoms with E-state index in [1.54, 1.807) is 6.07 Å². The van der Waals surface area contributed by atoms with Crippen LogP contribution in [0.2, 0.25) is 0 Å². The van der Waals surface area contributed by atoms with Gasteiger partial charge in [-0.15, -0.1) is 0 Å². The molecule has 0 fully saturated rings. The van der Waals surface area contributed by atoms with Crippen LogP contribution in [-0.4, -0.2) is 21.5 Å². The Balaban J connectivity index is 1.93. The van der Waals surface area contributed by atoms with Gasteiger partial charge in [-0.05, 0) is 12.1 Å². The van der Waals surface area contributed by atoms with E-state index in [0.717, 1.165) is 23.7 Å². The Kier molecular flexibility index (Phi) is 2.97. The van der Waals surface area contributed by atoms with Crippen molar-refractivity contribution in [3.63, 3.8) is 0 Å². The third kappa shape index (κ3) is 2.37. The van der Waals surface area contributed by atoms with Gasteiger partial charge in [-0.2, -0.15) is 9.97 Å². The normalized spacial score (nSPS) is 15.1. The molecule has 0 bridgehead atoms. The van der Waals surface area contributed by atoms with E-state index in [0.29, 0.717) is 12.4 Å². The van der Waals surface area contributed by atoms with Gasteiger partial charge in [0, 0.05) is 11.0 Å². The van der Waals surface area contributed by atoms with E-state index >= 15 is 0 Å². The molecule has 2 aromatic rings. The predicted octanol–water partition coefficient (Wildman–Crippen LogP) is 2.85. The quantitative estimate of drug-likeness (QED) is 0.637. The molecule has 0 unspecified atom stereocenters. The molecule has 0 N–H and O–H groups in total. The Hall–Kier alpha value is -2.70. The van der Waals surface area contributed by atoms with Gasteiger partial charge < -0.3 is 9.47 Å². The van der Waals surface area contributed by atoms with Crippen LogP contribution in [0.4, 0.5) is 5.69 Å². The molecule has 1 aliphatic rings. The largest absolute Gasteiger partial charge is 0.492 e. The Morgan fingerprint density at radius 1 is 1.33 bits per heavy atom. The molecule has 108 valence electrons. The summed E-state index contributed by atoms with van der Waals surface area (Å²) in [5.74, 6) is 1.38. The van der Waals surface area contributed by atoms with Gasteiger partial charge in [0.05, 0.1) is 11.5 Å². The molecule has 0 radical (unpaired) electrons. The summed E-state index contributed by atoms with van der Waals surface area (Å²) >= 11 is 0. The zero-order valence-electron chi connectivity index (χ0n) is 11.6. The fourth-order valence-corrected chi connectivity index (χ4v) is 2.27. The van der Waals surface area contributed by atoms with Crippen LogP contribution in [0, 0.1) is 10.1 Å². The van der Waals surface area contributed by atoms with E-state index in [1.807, 2.05) is 12.1 Å². The predicted molar refractivity (Wildman–Crippen MR) is 73.7 cm³/mol. The fourth-order valence-electron chi connectivity index (χ4n) is 2.27. The van der Waals surface area contributed by atoms with Crippen molar-refractivity contribution in [1.82, 2.24) is 9.97 Å². The number of nitrogens with zero attached hydrogens (tertiary/aromatic N) is 3. The van der Waals surface area contributed by atoms with Crippen molar-refractivity contribution in [2.45, 2.75) is 19.3 Å². The average molecular weight is 287 g/mol. The highest BCUT2D eigenvalue weighted by Crippen LogP contribution is 2.44. The van der Waals surface area contributed by atoms with E-state index in [1.165, 1.54) is 0 Å². The van der Waals surface area contributed by atoms with Crippen LogP contribution in [0.25, 0.3) is 0 Å². The van der Waals surface area contributed by atoms with Crippen LogP contribution in [0.1, 0.15) is 19.4 Å². The maximum Gasteiger partial charge on any atom is 0.322 e. The first kappa shape index (κ1) is 13.3. The van der Waals surface area contributed by atoms with Gasteiger partial charge in [0.15, 0.2) is 0 Å². The molecule has 0 atom stereocenters. The number of hydrogen-bond donors (Lipinski definition) is 0. The summed E-state index contributed by atoms with van der Waals surface area (Å²) in [6, 6.07) is 5.57. The summed E-state index contributed by atoms with van der Waals surface area (Å²) in [5, 5.41) is 10.6. The summed E-state index contributed by atoms with van der Waals surface area (Å²) in [7, 11) is 0. The molecule has 21 heavy (non-hydrogen) atoms. The van der Waals surface area contributed by atoms with Crippen molar-refractivity contribution in [2.24, 2.45) is 0 Å². The lowest BCUT2D eigenvalue weighted by Crippen LogP contribution is -2.19. The minimum atomic E-state index is -0.555. The lowest BCUT2D eigenvalue weighted by atomic mass is 9.86. The molecule has 0 spiro atoms. The maximum absolute atomic E-state index is 10.6. The van der Waals surface area contributed by atoms with Crippen molar-refractivity contribution in [3.8, 4) is 17.5 Å². The van der Waals surface area contributed by atoms with Crippen LogP contribution in [0.5, 0.6) is 17.5 Å².